The van der Waals surface area contributed by atoms with Crippen LogP contribution in [-0.2, 0) is 10.2 Å². The SMILES string of the molecule is Cc1c(Cl)cccc1C1CN(CCCCOc2ccc3c(n2)NC(=O)CC3(C)C)CCN1. The van der Waals surface area contributed by atoms with Crippen LogP contribution in [0.3, 0.4) is 0 Å². The highest BCUT2D eigenvalue weighted by Gasteiger charge is 2.33. The summed E-state index contributed by atoms with van der Waals surface area (Å²) in [5, 5.41) is 7.33. The van der Waals surface area contributed by atoms with E-state index in [2.05, 4.69) is 47.4 Å². The molecule has 2 aliphatic rings. The minimum absolute atomic E-state index is 0.00874. The number of unbranched alkanes of at least 4 members (excludes halogenated alkanes) is 1. The summed E-state index contributed by atoms with van der Waals surface area (Å²) in [4.78, 5) is 19.0. The molecular formula is C25H33ClN4O2. The van der Waals surface area contributed by atoms with E-state index >= 15 is 0 Å². The van der Waals surface area contributed by atoms with E-state index in [0.29, 0.717) is 30.8 Å². The summed E-state index contributed by atoms with van der Waals surface area (Å²) in [5.74, 6) is 1.21. The summed E-state index contributed by atoms with van der Waals surface area (Å²) in [5.41, 5.74) is 3.32. The Morgan fingerprint density at radius 3 is 2.94 bits per heavy atom. The number of hydrogen-bond acceptors (Lipinski definition) is 5. The van der Waals surface area contributed by atoms with Gasteiger partial charge in [0.2, 0.25) is 11.8 Å². The minimum atomic E-state index is -0.200. The predicted octanol–water partition coefficient (Wildman–Crippen LogP) is 4.47. The zero-order valence-corrected chi connectivity index (χ0v) is 20.0. The molecule has 1 aromatic carbocycles. The molecule has 4 rings (SSSR count). The lowest BCUT2D eigenvalue weighted by molar-refractivity contribution is -0.117. The molecule has 1 amide bonds. The number of amides is 1. The molecule has 0 radical (unpaired) electrons. The topological polar surface area (TPSA) is 66.5 Å². The van der Waals surface area contributed by atoms with Crippen LogP contribution in [0.2, 0.25) is 5.02 Å². The van der Waals surface area contributed by atoms with E-state index < -0.39 is 0 Å². The largest absolute Gasteiger partial charge is 0.478 e. The van der Waals surface area contributed by atoms with Gasteiger partial charge in [-0.1, -0.05) is 37.6 Å². The number of fused-ring (bicyclic) bond motifs is 1. The van der Waals surface area contributed by atoms with E-state index in [4.69, 9.17) is 16.3 Å². The molecule has 2 aliphatic heterocycles. The quantitative estimate of drug-likeness (QED) is 0.602. The first-order valence-corrected chi connectivity index (χ1v) is 11.9. The van der Waals surface area contributed by atoms with Gasteiger partial charge >= 0.3 is 0 Å². The summed E-state index contributed by atoms with van der Waals surface area (Å²) in [6, 6.07) is 10.4. The Kier molecular flexibility index (Phi) is 7.03. The van der Waals surface area contributed by atoms with Crippen molar-refractivity contribution in [3.05, 3.63) is 52.0 Å². The number of carbonyl (C=O) groups excluding carboxylic acids is 1. The molecule has 0 aliphatic carbocycles. The van der Waals surface area contributed by atoms with Gasteiger partial charge in [-0.2, -0.15) is 4.98 Å². The Bertz CT molecular complexity index is 978. The summed E-state index contributed by atoms with van der Waals surface area (Å²) >= 11 is 6.32. The number of rotatable bonds is 7. The van der Waals surface area contributed by atoms with Crippen molar-refractivity contribution >= 4 is 23.3 Å². The number of carbonyl (C=O) groups is 1. The highest BCUT2D eigenvalue weighted by atomic mass is 35.5. The highest BCUT2D eigenvalue weighted by Crippen LogP contribution is 2.36. The van der Waals surface area contributed by atoms with E-state index in [1.807, 2.05) is 24.3 Å². The zero-order chi connectivity index (χ0) is 22.7. The number of anilines is 1. The standard InChI is InChI=1S/C25H33ClN4O2/c1-17-18(7-6-8-20(17)26)21-16-30(13-11-27-21)12-4-5-14-32-23-10-9-19-24(29-23)28-22(31)15-25(19,2)3/h6-10,21,27H,4-5,11-16H2,1-3H3,(H,28,29,31). The van der Waals surface area contributed by atoms with Crippen molar-refractivity contribution in [2.75, 3.05) is 38.1 Å². The maximum Gasteiger partial charge on any atom is 0.226 e. The fraction of sp³-hybridized carbons (Fsp3) is 0.520. The van der Waals surface area contributed by atoms with E-state index in [-0.39, 0.29) is 11.3 Å². The molecule has 1 fully saturated rings. The lowest BCUT2D eigenvalue weighted by Crippen LogP contribution is -2.46. The molecular weight excluding hydrogens is 424 g/mol. The second kappa shape index (κ2) is 9.77. The maximum absolute atomic E-state index is 11.9. The molecule has 1 unspecified atom stereocenters. The Hall–Kier alpha value is -2.15. The Morgan fingerprint density at radius 1 is 1.25 bits per heavy atom. The third-order valence-electron chi connectivity index (χ3n) is 6.52. The molecule has 32 heavy (non-hydrogen) atoms. The fourth-order valence-corrected chi connectivity index (χ4v) is 4.86. The maximum atomic E-state index is 11.9. The van der Waals surface area contributed by atoms with Crippen LogP contribution < -0.4 is 15.4 Å². The lowest BCUT2D eigenvalue weighted by atomic mass is 9.79. The monoisotopic (exact) mass is 456 g/mol. The molecule has 6 nitrogen and oxygen atoms in total. The molecule has 1 atom stereocenters. The Labute approximate surface area is 195 Å². The molecule has 0 bridgehead atoms. The number of hydrogen-bond donors (Lipinski definition) is 2. The van der Waals surface area contributed by atoms with Crippen LogP contribution in [0.4, 0.5) is 5.82 Å². The summed E-state index contributed by atoms with van der Waals surface area (Å²) in [6.07, 6.45) is 2.50. The van der Waals surface area contributed by atoms with Gasteiger partial charge in [0.05, 0.1) is 6.61 Å². The fourth-order valence-electron chi connectivity index (χ4n) is 4.67. The lowest BCUT2D eigenvalue weighted by Gasteiger charge is -2.34. The number of aromatic nitrogens is 1. The van der Waals surface area contributed by atoms with E-state index in [1.54, 1.807) is 0 Å². The van der Waals surface area contributed by atoms with Gasteiger partial charge in [-0.15, -0.1) is 0 Å². The first kappa shape index (κ1) is 23.0. The van der Waals surface area contributed by atoms with Crippen LogP contribution in [0.5, 0.6) is 5.88 Å². The summed E-state index contributed by atoms with van der Waals surface area (Å²) in [7, 11) is 0. The van der Waals surface area contributed by atoms with Gasteiger partial charge in [-0.25, -0.2) is 0 Å². The molecule has 172 valence electrons. The number of ether oxygens (including phenoxy) is 1. The van der Waals surface area contributed by atoms with E-state index in [9.17, 15) is 4.79 Å². The van der Waals surface area contributed by atoms with Crippen molar-refractivity contribution in [2.24, 2.45) is 0 Å². The van der Waals surface area contributed by atoms with Crippen molar-refractivity contribution < 1.29 is 9.53 Å². The minimum Gasteiger partial charge on any atom is -0.478 e. The van der Waals surface area contributed by atoms with Gasteiger partial charge in [0.1, 0.15) is 5.82 Å². The predicted molar refractivity (Wildman–Crippen MR) is 129 cm³/mol. The van der Waals surface area contributed by atoms with Crippen LogP contribution in [0.1, 0.15) is 55.8 Å². The number of benzene rings is 1. The van der Waals surface area contributed by atoms with Gasteiger partial charge < -0.3 is 20.3 Å². The number of nitrogens with zero attached hydrogens (tertiary/aromatic N) is 2. The van der Waals surface area contributed by atoms with Gasteiger partial charge in [0.15, 0.2) is 0 Å². The number of nitrogens with one attached hydrogen (secondary N) is 2. The molecule has 7 heteroatoms. The van der Waals surface area contributed by atoms with Gasteiger partial charge in [-0.3, -0.25) is 4.79 Å². The first-order valence-electron chi connectivity index (χ1n) is 11.5. The average molecular weight is 457 g/mol. The molecule has 0 saturated carbocycles. The van der Waals surface area contributed by atoms with Gasteiger partial charge in [-0.05, 0) is 49.6 Å². The molecule has 2 N–H and O–H groups in total. The van der Waals surface area contributed by atoms with Crippen LogP contribution >= 0.6 is 11.6 Å². The van der Waals surface area contributed by atoms with Crippen LogP contribution in [0.25, 0.3) is 0 Å². The van der Waals surface area contributed by atoms with Crippen molar-refractivity contribution in [1.82, 2.24) is 15.2 Å². The highest BCUT2D eigenvalue weighted by molar-refractivity contribution is 6.31. The summed E-state index contributed by atoms with van der Waals surface area (Å²) in [6.45, 7) is 10.9. The van der Waals surface area contributed by atoms with Crippen molar-refractivity contribution in [2.45, 2.75) is 51.5 Å². The zero-order valence-electron chi connectivity index (χ0n) is 19.2. The van der Waals surface area contributed by atoms with Crippen LogP contribution in [0, 0.1) is 6.92 Å². The number of piperazine rings is 1. The first-order chi connectivity index (χ1) is 15.3. The van der Waals surface area contributed by atoms with Crippen LogP contribution in [-0.4, -0.2) is 48.6 Å². The summed E-state index contributed by atoms with van der Waals surface area (Å²) < 4.78 is 5.88. The molecule has 1 saturated heterocycles. The second-order valence-electron chi connectivity index (χ2n) is 9.47. The molecule has 2 aromatic rings. The molecule has 3 heterocycles. The van der Waals surface area contributed by atoms with Crippen molar-refractivity contribution in [1.29, 1.82) is 0 Å². The number of halogens is 1. The van der Waals surface area contributed by atoms with Crippen LogP contribution in [0.15, 0.2) is 30.3 Å². The van der Waals surface area contributed by atoms with Gasteiger partial charge in [0, 0.05) is 54.2 Å². The normalized spacial score (nSPS) is 20.5. The van der Waals surface area contributed by atoms with E-state index in [1.165, 1.54) is 11.1 Å². The Morgan fingerprint density at radius 2 is 2.09 bits per heavy atom. The number of pyridine rings is 1. The van der Waals surface area contributed by atoms with Crippen molar-refractivity contribution in [3.8, 4) is 5.88 Å². The second-order valence-corrected chi connectivity index (χ2v) is 9.88. The van der Waals surface area contributed by atoms with Gasteiger partial charge in [0.25, 0.3) is 0 Å². The van der Waals surface area contributed by atoms with E-state index in [0.717, 1.165) is 49.6 Å². The smallest absolute Gasteiger partial charge is 0.226 e. The Balaban J connectivity index is 1.23. The third-order valence-corrected chi connectivity index (χ3v) is 6.93. The molecule has 0 spiro atoms. The van der Waals surface area contributed by atoms with Crippen molar-refractivity contribution in [3.63, 3.8) is 0 Å². The third kappa shape index (κ3) is 5.25. The average Bonchev–Trinajstić information content (AvgIpc) is 2.74. The molecule has 1 aromatic heterocycles.